The highest BCUT2D eigenvalue weighted by Crippen LogP contribution is 2.36. The highest BCUT2D eigenvalue weighted by Gasteiger charge is 2.33. The Morgan fingerprint density at radius 1 is 1.39 bits per heavy atom. The van der Waals surface area contributed by atoms with Crippen molar-refractivity contribution < 1.29 is 0 Å². The monoisotopic (exact) mass is 243 g/mol. The average Bonchev–Trinajstić information content (AvgIpc) is 2.73. The minimum absolute atomic E-state index is 0.682. The lowest BCUT2D eigenvalue weighted by molar-refractivity contribution is 0.314. The molecular weight excluding hydrogens is 222 g/mol. The van der Waals surface area contributed by atoms with Gasteiger partial charge in [0, 0.05) is 31.4 Å². The fraction of sp³-hybridized carbons (Fsp3) is 0.533. The molecule has 96 valence electrons. The van der Waals surface area contributed by atoms with Gasteiger partial charge in [0.25, 0.3) is 0 Å². The van der Waals surface area contributed by atoms with E-state index in [2.05, 4.69) is 29.0 Å². The molecule has 1 aromatic heterocycles. The quantitative estimate of drug-likeness (QED) is 0.811. The molecule has 1 aliphatic heterocycles. The van der Waals surface area contributed by atoms with Crippen molar-refractivity contribution in [1.82, 2.24) is 9.88 Å². The van der Waals surface area contributed by atoms with Crippen LogP contribution in [-0.2, 0) is 6.54 Å². The number of hydrogen-bond donors (Lipinski definition) is 1. The summed E-state index contributed by atoms with van der Waals surface area (Å²) in [4.78, 5) is 6.70. The molecule has 0 saturated carbocycles. The molecule has 1 aromatic rings. The number of pyridine rings is 1. The summed E-state index contributed by atoms with van der Waals surface area (Å²) < 4.78 is 0. The smallest absolute Gasteiger partial charge is 0.127 e. The number of hydrogen-bond acceptors (Lipinski definition) is 3. The molecule has 0 amide bonds. The van der Waals surface area contributed by atoms with E-state index in [0.717, 1.165) is 18.4 Å². The van der Waals surface area contributed by atoms with E-state index >= 15 is 0 Å². The van der Waals surface area contributed by atoms with E-state index in [1.54, 1.807) is 11.8 Å². The Hall–Kier alpha value is -1.35. The van der Waals surface area contributed by atoms with Gasteiger partial charge in [-0.25, -0.2) is 4.98 Å². The third kappa shape index (κ3) is 2.27. The third-order valence-electron chi connectivity index (χ3n) is 4.33. The predicted octanol–water partition coefficient (Wildman–Crippen LogP) is 2.45. The Morgan fingerprint density at radius 3 is 3.06 bits per heavy atom. The molecule has 2 N–H and O–H groups in total. The number of rotatable bonds is 2. The summed E-state index contributed by atoms with van der Waals surface area (Å²) in [5, 5.41) is 0. The fourth-order valence-electron chi connectivity index (χ4n) is 3.34. The second kappa shape index (κ2) is 4.73. The third-order valence-corrected chi connectivity index (χ3v) is 4.33. The van der Waals surface area contributed by atoms with Crippen LogP contribution in [0.2, 0.25) is 0 Å². The van der Waals surface area contributed by atoms with Gasteiger partial charge in [0.15, 0.2) is 0 Å². The van der Waals surface area contributed by atoms with Crippen LogP contribution in [0.15, 0.2) is 30.0 Å². The molecule has 18 heavy (non-hydrogen) atoms. The van der Waals surface area contributed by atoms with Gasteiger partial charge in [0.2, 0.25) is 0 Å². The number of allylic oxidation sites excluding steroid dienone is 2. The fourth-order valence-corrected chi connectivity index (χ4v) is 3.34. The van der Waals surface area contributed by atoms with Crippen molar-refractivity contribution >= 4 is 5.82 Å². The highest BCUT2D eigenvalue weighted by atomic mass is 15.2. The van der Waals surface area contributed by atoms with Gasteiger partial charge in [-0.05, 0) is 37.7 Å². The second-order valence-electron chi connectivity index (χ2n) is 5.75. The lowest BCUT2D eigenvalue weighted by Crippen LogP contribution is -2.21. The Kier molecular flexibility index (Phi) is 3.08. The lowest BCUT2D eigenvalue weighted by Gasteiger charge is -2.22. The number of fused-ring (bicyclic) bond motifs is 1. The maximum absolute atomic E-state index is 5.92. The molecule has 3 nitrogen and oxygen atoms in total. The zero-order valence-electron chi connectivity index (χ0n) is 11.0. The van der Waals surface area contributed by atoms with Crippen LogP contribution >= 0.6 is 0 Å². The topological polar surface area (TPSA) is 42.2 Å². The number of likely N-dealkylation sites (tertiary alicyclic amines) is 1. The molecule has 1 saturated heterocycles. The second-order valence-corrected chi connectivity index (χ2v) is 5.75. The van der Waals surface area contributed by atoms with Gasteiger partial charge in [-0.15, -0.1) is 0 Å². The Bertz CT molecular complexity index is 467. The molecule has 0 radical (unpaired) electrons. The summed E-state index contributed by atoms with van der Waals surface area (Å²) >= 11 is 0. The summed E-state index contributed by atoms with van der Waals surface area (Å²) in [6, 6.07) is 4.06. The maximum atomic E-state index is 5.92. The first-order valence-corrected chi connectivity index (χ1v) is 6.79. The van der Waals surface area contributed by atoms with E-state index in [1.807, 2.05) is 6.07 Å². The van der Waals surface area contributed by atoms with Gasteiger partial charge in [0.1, 0.15) is 5.82 Å². The molecule has 0 aromatic carbocycles. The van der Waals surface area contributed by atoms with E-state index in [1.165, 1.54) is 31.5 Å². The SMILES string of the molecule is CC1=CC[C@H]2CN(Cc3cccnc3N)C[C@H]2C1. The first-order valence-electron chi connectivity index (χ1n) is 6.79. The molecule has 0 bridgehead atoms. The minimum atomic E-state index is 0.682. The van der Waals surface area contributed by atoms with Gasteiger partial charge in [-0.2, -0.15) is 0 Å². The molecule has 3 heteroatoms. The molecular formula is C15H21N3. The van der Waals surface area contributed by atoms with Crippen LogP contribution < -0.4 is 5.73 Å². The van der Waals surface area contributed by atoms with Gasteiger partial charge >= 0.3 is 0 Å². The summed E-state index contributed by atoms with van der Waals surface area (Å²) in [6.45, 7) is 5.64. The van der Waals surface area contributed by atoms with Crippen molar-refractivity contribution in [3.8, 4) is 0 Å². The summed E-state index contributed by atoms with van der Waals surface area (Å²) in [6.07, 6.45) is 6.72. The van der Waals surface area contributed by atoms with Crippen molar-refractivity contribution in [1.29, 1.82) is 0 Å². The van der Waals surface area contributed by atoms with Crippen LogP contribution in [0.25, 0.3) is 0 Å². The zero-order valence-corrected chi connectivity index (χ0v) is 11.0. The van der Waals surface area contributed by atoms with Crippen molar-refractivity contribution in [2.45, 2.75) is 26.3 Å². The van der Waals surface area contributed by atoms with E-state index in [-0.39, 0.29) is 0 Å². The van der Waals surface area contributed by atoms with Crippen LogP contribution in [0.5, 0.6) is 0 Å². The van der Waals surface area contributed by atoms with Gasteiger partial charge in [-0.1, -0.05) is 17.7 Å². The molecule has 2 heterocycles. The Morgan fingerprint density at radius 2 is 2.22 bits per heavy atom. The van der Waals surface area contributed by atoms with E-state index in [4.69, 9.17) is 5.73 Å². The normalized spacial score (nSPS) is 27.9. The van der Waals surface area contributed by atoms with Crippen molar-refractivity contribution in [3.05, 3.63) is 35.5 Å². The van der Waals surface area contributed by atoms with Crippen LogP contribution in [0.3, 0.4) is 0 Å². The predicted molar refractivity (Wildman–Crippen MR) is 73.9 cm³/mol. The number of nitrogens with two attached hydrogens (primary N) is 1. The molecule has 1 aliphatic carbocycles. The average molecular weight is 243 g/mol. The molecule has 0 unspecified atom stereocenters. The minimum Gasteiger partial charge on any atom is -0.383 e. The largest absolute Gasteiger partial charge is 0.383 e. The number of aromatic nitrogens is 1. The summed E-state index contributed by atoms with van der Waals surface area (Å²) in [5.41, 5.74) is 8.66. The van der Waals surface area contributed by atoms with Gasteiger partial charge in [-0.3, -0.25) is 4.90 Å². The Balaban J connectivity index is 1.66. The van der Waals surface area contributed by atoms with Gasteiger partial charge in [0.05, 0.1) is 0 Å². The number of anilines is 1. The standard InChI is InChI=1S/C15H21N3/c1-11-4-5-12-8-18(10-14(12)7-11)9-13-3-2-6-17-15(13)16/h2-4,6,12,14H,5,7-10H2,1H3,(H2,16,17)/t12-,14+/m0/s1. The van der Waals surface area contributed by atoms with E-state index in [9.17, 15) is 0 Å². The number of nitrogen functional groups attached to an aromatic ring is 1. The lowest BCUT2D eigenvalue weighted by atomic mass is 9.83. The van der Waals surface area contributed by atoms with Crippen LogP contribution in [0.1, 0.15) is 25.3 Å². The van der Waals surface area contributed by atoms with Crippen molar-refractivity contribution in [2.24, 2.45) is 11.8 Å². The number of nitrogens with zero attached hydrogens (tertiary/aromatic N) is 2. The van der Waals surface area contributed by atoms with Crippen molar-refractivity contribution in [2.75, 3.05) is 18.8 Å². The summed E-state index contributed by atoms with van der Waals surface area (Å²) in [7, 11) is 0. The molecule has 2 aliphatic rings. The van der Waals surface area contributed by atoms with Crippen LogP contribution in [-0.4, -0.2) is 23.0 Å². The maximum Gasteiger partial charge on any atom is 0.127 e. The Labute approximate surface area is 109 Å². The van der Waals surface area contributed by atoms with E-state index in [0.29, 0.717) is 5.82 Å². The molecule has 0 spiro atoms. The highest BCUT2D eigenvalue weighted by molar-refractivity contribution is 5.38. The molecule has 1 fully saturated rings. The van der Waals surface area contributed by atoms with Crippen LogP contribution in [0.4, 0.5) is 5.82 Å². The molecule has 3 rings (SSSR count). The summed E-state index contributed by atoms with van der Waals surface area (Å²) in [5.74, 6) is 2.39. The molecule has 2 atom stereocenters. The zero-order chi connectivity index (χ0) is 12.5. The van der Waals surface area contributed by atoms with E-state index < -0.39 is 0 Å². The van der Waals surface area contributed by atoms with Crippen molar-refractivity contribution in [3.63, 3.8) is 0 Å². The first kappa shape index (κ1) is 11.7. The first-order chi connectivity index (χ1) is 8.72. The van der Waals surface area contributed by atoms with Gasteiger partial charge < -0.3 is 5.73 Å². The van der Waals surface area contributed by atoms with Crippen LogP contribution in [0, 0.1) is 11.8 Å².